The van der Waals surface area contributed by atoms with Crippen molar-refractivity contribution in [2.45, 2.75) is 25.7 Å². The van der Waals surface area contributed by atoms with Gasteiger partial charge in [0.1, 0.15) is 0 Å². The van der Waals surface area contributed by atoms with E-state index in [0.29, 0.717) is 12.0 Å². The first-order valence-electron chi connectivity index (χ1n) is 7.15. The fraction of sp³-hybridized carbons (Fsp3) is 0.222. The topological polar surface area (TPSA) is 52.9 Å². The van der Waals surface area contributed by atoms with E-state index in [2.05, 4.69) is 23.5 Å². The Morgan fingerprint density at radius 2 is 1.86 bits per heavy atom. The van der Waals surface area contributed by atoms with Gasteiger partial charge in [-0.2, -0.15) is 5.26 Å². The number of carbonyl (C=O) groups excluding carboxylic acids is 1. The van der Waals surface area contributed by atoms with E-state index in [-0.39, 0.29) is 5.91 Å². The van der Waals surface area contributed by atoms with Crippen LogP contribution in [-0.4, -0.2) is 5.91 Å². The SMILES string of the molecule is N#Cc1ccc(CC(=O)Nc2ccc3c(c2)CCC3)cc1. The van der Waals surface area contributed by atoms with Gasteiger partial charge >= 0.3 is 0 Å². The molecule has 21 heavy (non-hydrogen) atoms. The standard InChI is InChI=1S/C18H16N2O/c19-12-14-6-4-13(5-7-14)10-18(21)20-17-9-8-15-2-1-3-16(15)11-17/h4-9,11H,1-3,10H2,(H,20,21). The Hall–Kier alpha value is -2.60. The molecule has 1 aliphatic carbocycles. The Labute approximate surface area is 124 Å². The van der Waals surface area contributed by atoms with Crippen LogP contribution in [0.4, 0.5) is 5.69 Å². The maximum atomic E-state index is 12.1. The first-order chi connectivity index (χ1) is 10.2. The average Bonchev–Trinajstić information content (AvgIpc) is 2.95. The Kier molecular flexibility index (Phi) is 3.70. The minimum absolute atomic E-state index is 0.0299. The lowest BCUT2D eigenvalue weighted by atomic mass is 10.1. The summed E-state index contributed by atoms with van der Waals surface area (Å²) in [5.74, 6) is -0.0299. The molecule has 0 aliphatic heterocycles. The third kappa shape index (κ3) is 3.11. The summed E-state index contributed by atoms with van der Waals surface area (Å²) in [6, 6.07) is 15.3. The summed E-state index contributed by atoms with van der Waals surface area (Å²) in [5, 5.41) is 11.7. The molecule has 0 heterocycles. The zero-order valence-electron chi connectivity index (χ0n) is 11.7. The van der Waals surface area contributed by atoms with Crippen LogP contribution in [0.15, 0.2) is 42.5 Å². The second-order valence-electron chi connectivity index (χ2n) is 5.37. The summed E-state index contributed by atoms with van der Waals surface area (Å²) in [6.07, 6.45) is 3.78. The minimum atomic E-state index is -0.0299. The number of amides is 1. The van der Waals surface area contributed by atoms with Crippen molar-refractivity contribution < 1.29 is 4.79 Å². The van der Waals surface area contributed by atoms with Crippen molar-refractivity contribution in [1.29, 1.82) is 5.26 Å². The van der Waals surface area contributed by atoms with Gasteiger partial charge in [-0.15, -0.1) is 0 Å². The van der Waals surface area contributed by atoms with Gasteiger partial charge in [-0.05, 0) is 60.2 Å². The smallest absolute Gasteiger partial charge is 0.228 e. The highest BCUT2D eigenvalue weighted by atomic mass is 16.1. The summed E-state index contributed by atoms with van der Waals surface area (Å²) < 4.78 is 0. The van der Waals surface area contributed by atoms with Crippen LogP contribution >= 0.6 is 0 Å². The van der Waals surface area contributed by atoms with E-state index in [1.807, 2.05) is 18.2 Å². The molecule has 0 bridgehead atoms. The van der Waals surface area contributed by atoms with Crippen molar-refractivity contribution in [2.24, 2.45) is 0 Å². The molecule has 0 fully saturated rings. The molecule has 3 heteroatoms. The van der Waals surface area contributed by atoms with Crippen LogP contribution in [0.5, 0.6) is 0 Å². The van der Waals surface area contributed by atoms with E-state index in [1.165, 1.54) is 17.5 Å². The number of fused-ring (bicyclic) bond motifs is 1. The molecule has 0 saturated carbocycles. The maximum Gasteiger partial charge on any atom is 0.228 e. The highest BCUT2D eigenvalue weighted by Gasteiger charge is 2.12. The predicted octanol–water partition coefficient (Wildman–Crippen LogP) is 3.23. The molecule has 2 aromatic rings. The quantitative estimate of drug-likeness (QED) is 0.935. The summed E-state index contributed by atoms with van der Waals surface area (Å²) in [7, 11) is 0. The van der Waals surface area contributed by atoms with Crippen molar-refractivity contribution in [1.82, 2.24) is 0 Å². The van der Waals surface area contributed by atoms with Crippen LogP contribution in [0.2, 0.25) is 0 Å². The monoisotopic (exact) mass is 276 g/mol. The molecule has 1 aliphatic rings. The number of benzene rings is 2. The normalized spacial score (nSPS) is 12.5. The minimum Gasteiger partial charge on any atom is -0.326 e. The zero-order valence-corrected chi connectivity index (χ0v) is 11.7. The van der Waals surface area contributed by atoms with E-state index in [4.69, 9.17) is 5.26 Å². The van der Waals surface area contributed by atoms with Gasteiger partial charge in [0.2, 0.25) is 5.91 Å². The summed E-state index contributed by atoms with van der Waals surface area (Å²) >= 11 is 0. The highest BCUT2D eigenvalue weighted by molar-refractivity contribution is 5.92. The van der Waals surface area contributed by atoms with Gasteiger partial charge in [-0.25, -0.2) is 0 Å². The van der Waals surface area contributed by atoms with Crippen LogP contribution in [0.1, 0.15) is 28.7 Å². The Morgan fingerprint density at radius 3 is 2.62 bits per heavy atom. The first-order valence-corrected chi connectivity index (χ1v) is 7.15. The molecular formula is C18H16N2O. The van der Waals surface area contributed by atoms with Crippen LogP contribution in [0.25, 0.3) is 0 Å². The number of anilines is 1. The van der Waals surface area contributed by atoms with Crippen LogP contribution < -0.4 is 5.32 Å². The van der Waals surface area contributed by atoms with Crippen molar-refractivity contribution in [3.63, 3.8) is 0 Å². The van der Waals surface area contributed by atoms with Crippen molar-refractivity contribution in [2.75, 3.05) is 5.32 Å². The largest absolute Gasteiger partial charge is 0.326 e. The Balaban J connectivity index is 1.64. The Bertz CT molecular complexity index is 711. The molecule has 104 valence electrons. The van der Waals surface area contributed by atoms with Gasteiger partial charge in [-0.3, -0.25) is 4.79 Å². The molecule has 1 amide bonds. The Morgan fingerprint density at radius 1 is 1.10 bits per heavy atom. The third-order valence-corrected chi connectivity index (χ3v) is 3.83. The molecule has 3 rings (SSSR count). The number of nitrogens with zero attached hydrogens (tertiary/aromatic N) is 1. The number of hydrogen-bond donors (Lipinski definition) is 1. The molecule has 0 atom stereocenters. The van der Waals surface area contributed by atoms with Crippen LogP contribution in [0, 0.1) is 11.3 Å². The van der Waals surface area contributed by atoms with Crippen molar-refractivity contribution in [3.05, 3.63) is 64.7 Å². The fourth-order valence-corrected chi connectivity index (χ4v) is 2.74. The molecule has 2 aromatic carbocycles. The van der Waals surface area contributed by atoms with E-state index < -0.39 is 0 Å². The van der Waals surface area contributed by atoms with E-state index in [9.17, 15) is 4.79 Å². The van der Waals surface area contributed by atoms with E-state index in [1.54, 1.807) is 12.1 Å². The third-order valence-electron chi connectivity index (χ3n) is 3.83. The van der Waals surface area contributed by atoms with Crippen molar-refractivity contribution in [3.8, 4) is 6.07 Å². The van der Waals surface area contributed by atoms with Crippen molar-refractivity contribution >= 4 is 11.6 Å². The molecule has 3 nitrogen and oxygen atoms in total. The van der Waals surface area contributed by atoms with Crippen LogP contribution in [0.3, 0.4) is 0 Å². The number of rotatable bonds is 3. The molecule has 1 N–H and O–H groups in total. The lowest BCUT2D eigenvalue weighted by molar-refractivity contribution is -0.115. The number of aryl methyl sites for hydroxylation is 2. The highest BCUT2D eigenvalue weighted by Crippen LogP contribution is 2.24. The number of nitriles is 1. The fourth-order valence-electron chi connectivity index (χ4n) is 2.74. The second kappa shape index (κ2) is 5.80. The molecule has 0 saturated heterocycles. The lowest BCUT2D eigenvalue weighted by Gasteiger charge is -2.07. The summed E-state index contributed by atoms with van der Waals surface area (Å²) in [4.78, 5) is 12.1. The van der Waals surface area contributed by atoms with Gasteiger partial charge in [0.15, 0.2) is 0 Å². The van der Waals surface area contributed by atoms with Gasteiger partial charge < -0.3 is 5.32 Å². The maximum absolute atomic E-state index is 12.1. The zero-order chi connectivity index (χ0) is 14.7. The predicted molar refractivity (Wildman–Crippen MR) is 82.0 cm³/mol. The summed E-state index contributed by atoms with van der Waals surface area (Å²) in [6.45, 7) is 0. The number of hydrogen-bond acceptors (Lipinski definition) is 2. The van der Waals surface area contributed by atoms with E-state index >= 15 is 0 Å². The van der Waals surface area contributed by atoms with Gasteiger partial charge in [0.25, 0.3) is 0 Å². The number of carbonyl (C=O) groups is 1. The number of nitrogens with one attached hydrogen (secondary N) is 1. The van der Waals surface area contributed by atoms with E-state index in [0.717, 1.165) is 24.1 Å². The average molecular weight is 276 g/mol. The van der Waals surface area contributed by atoms with Gasteiger partial charge in [-0.1, -0.05) is 18.2 Å². The second-order valence-corrected chi connectivity index (χ2v) is 5.37. The van der Waals surface area contributed by atoms with Gasteiger partial charge in [0.05, 0.1) is 18.1 Å². The molecule has 0 unspecified atom stereocenters. The summed E-state index contributed by atoms with van der Waals surface area (Å²) in [5.41, 5.74) is 5.14. The lowest BCUT2D eigenvalue weighted by Crippen LogP contribution is -2.14. The van der Waals surface area contributed by atoms with Gasteiger partial charge in [0, 0.05) is 5.69 Å². The first kappa shape index (κ1) is 13.4. The molecule has 0 aromatic heterocycles. The van der Waals surface area contributed by atoms with Crippen LogP contribution in [-0.2, 0) is 24.1 Å². The molecule has 0 radical (unpaired) electrons. The molecular weight excluding hydrogens is 260 g/mol. The molecule has 0 spiro atoms.